The highest BCUT2D eigenvalue weighted by Gasteiger charge is 2.35. The van der Waals surface area contributed by atoms with E-state index < -0.39 is 0 Å². The van der Waals surface area contributed by atoms with Crippen LogP contribution in [0.25, 0.3) is 0 Å². The van der Waals surface area contributed by atoms with Crippen molar-refractivity contribution in [3.63, 3.8) is 0 Å². The Morgan fingerprint density at radius 1 is 0.828 bits per heavy atom. The van der Waals surface area contributed by atoms with Gasteiger partial charge >= 0.3 is 0 Å². The van der Waals surface area contributed by atoms with E-state index in [2.05, 4.69) is 26.7 Å². The number of nitrogens with zero attached hydrogens (tertiary/aromatic N) is 5. The third-order valence-corrected chi connectivity index (χ3v) is 6.82. The van der Waals surface area contributed by atoms with Gasteiger partial charge in [-0.15, -0.1) is 0 Å². The quantitative estimate of drug-likeness (QED) is 0.779. The van der Waals surface area contributed by atoms with E-state index in [1.54, 1.807) is 12.4 Å². The van der Waals surface area contributed by atoms with Gasteiger partial charge in [-0.1, -0.05) is 6.92 Å². The molecule has 1 unspecified atom stereocenters. The van der Waals surface area contributed by atoms with Crippen LogP contribution in [0.3, 0.4) is 0 Å². The van der Waals surface area contributed by atoms with Gasteiger partial charge in [0.15, 0.2) is 0 Å². The first-order valence-corrected chi connectivity index (χ1v) is 11.2. The molecule has 7 nitrogen and oxygen atoms in total. The molecule has 0 N–H and O–H groups in total. The topological polar surface area (TPSA) is 69.6 Å². The second-order valence-corrected chi connectivity index (χ2v) is 8.94. The summed E-state index contributed by atoms with van der Waals surface area (Å²) in [4.78, 5) is 40.7. The third-order valence-electron chi connectivity index (χ3n) is 6.82. The van der Waals surface area contributed by atoms with Crippen LogP contribution in [0.4, 0.5) is 5.95 Å². The van der Waals surface area contributed by atoms with Crippen molar-refractivity contribution in [1.29, 1.82) is 0 Å². The van der Waals surface area contributed by atoms with Gasteiger partial charge in [0, 0.05) is 63.5 Å². The lowest BCUT2D eigenvalue weighted by molar-refractivity contribution is -0.142. The second-order valence-electron chi connectivity index (χ2n) is 8.94. The van der Waals surface area contributed by atoms with Crippen LogP contribution in [0.15, 0.2) is 18.5 Å². The summed E-state index contributed by atoms with van der Waals surface area (Å²) in [6.45, 7) is 7.06. The summed E-state index contributed by atoms with van der Waals surface area (Å²) < 4.78 is 0. The van der Waals surface area contributed by atoms with Crippen molar-refractivity contribution in [1.82, 2.24) is 19.8 Å². The normalized spacial score (nSPS) is 28.3. The van der Waals surface area contributed by atoms with E-state index in [1.165, 1.54) is 6.42 Å². The van der Waals surface area contributed by atoms with E-state index in [0.29, 0.717) is 11.8 Å². The summed E-state index contributed by atoms with van der Waals surface area (Å²) in [5.74, 6) is 2.17. The van der Waals surface area contributed by atoms with Crippen molar-refractivity contribution >= 4 is 17.8 Å². The fourth-order valence-corrected chi connectivity index (χ4v) is 5.07. The highest BCUT2D eigenvalue weighted by molar-refractivity contribution is 5.81. The van der Waals surface area contributed by atoms with Crippen LogP contribution in [-0.4, -0.2) is 70.9 Å². The number of carbonyl (C=O) groups is 2. The first-order chi connectivity index (χ1) is 14.1. The molecular weight excluding hydrogens is 366 g/mol. The molecule has 3 heterocycles. The fourth-order valence-electron chi connectivity index (χ4n) is 5.07. The Kier molecular flexibility index (Phi) is 6.31. The molecule has 3 fully saturated rings. The Labute approximate surface area is 173 Å². The highest BCUT2D eigenvalue weighted by atomic mass is 16.2. The lowest BCUT2D eigenvalue weighted by atomic mass is 9.80. The molecule has 0 aromatic carbocycles. The van der Waals surface area contributed by atoms with E-state index >= 15 is 0 Å². The SMILES string of the molecule is CC1CCCN(C(=O)C2CCC(C(=O)N3CCN(c4ncccn4)CC3)CC2)C1. The van der Waals surface area contributed by atoms with E-state index in [9.17, 15) is 9.59 Å². The summed E-state index contributed by atoms with van der Waals surface area (Å²) in [5, 5.41) is 0. The largest absolute Gasteiger partial charge is 0.342 e. The molecule has 1 aromatic rings. The zero-order chi connectivity index (χ0) is 20.2. The molecule has 1 aromatic heterocycles. The van der Waals surface area contributed by atoms with Gasteiger partial charge in [-0.05, 0) is 50.5 Å². The lowest BCUT2D eigenvalue weighted by Gasteiger charge is -2.39. The number of carbonyl (C=O) groups excluding carboxylic acids is 2. The Morgan fingerprint density at radius 2 is 1.41 bits per heavy atom. The maximum absolute atomic E-state index is 13.0. The van der Waals surface area contributed by atoms with Gasteiger partial charge in [0.1, 0.15) is 0 Å². The standard InChI is InChI=1S/C22H33N5O2/c1-17-4-2-11-27(16-17)21(29)19-7-5-18(6-8-19)20(28)25-12-14-26(15-13-25)22-23-9-3-10-24-22/h3,9-10,17-19H,2,4-8,11-16H2,1H3. The predicted octanol–water partition coefficient (Wildman–Crippen LogP) is 2.19. The van der Waals surface area contributed by atoms with Crippen molar-refractivity contribution in [2.45, 2.75) is 45.4 Å². The predicted molar refractivity (Wildman–Crippen MR) is 111 cm³/mol. The van der Waals surface area contributed by atoms with E-state index in [1.807, 2.05) is 11.0 Å². The Morgan fingerprint density at radius 3 is 2.00 bits per heavy atom. The first-order valence-electron chi connectivity index (χ1n) is 11.2. The summed E-state index contributed by atoms with van der Waals surface area (Å²) in [5.41, 5.74) is 0. The number of amides is 2. The van der Waals surface area contributed by atoms with Crippen molar-refractivity contribution in [3.8, 4) is 0 Å². The van der Waals surface area contributed by atoms with E-state index in [-0.39, 0.29) is 17.7 Å². The molecule has 0 bridgehead atoms. The number of aromatic nitrogens is 2. The molecule has 4 rings (SSSR count). The number of likely N-dealkylation sites (tertiary alicyclic amines) is 1. The minimum Gasteiger partial charge on any atom is -0.342 e. The Bertz CT molecular complexity index is 696. The molecule has 29 heavy (non-hydrogen) atoms. The number of hydrogen-bond acceptors (Lipinski definition) is 5. The molecule has 158 valence electrons. The minimum absolute atomic E-state index is 0.0823. The molecule has 2 amide bonds. The van der Waals surface area contributed by atoms with Gasteiger partial charge in [-0.3, -0.25) is 9.59 Å². The van der Waals surface area contributed by atoms with Gasteiger partial charge in [0.05, 0.1) is 0 Å². The van der Waals surface area contributed by atoms with Crippen molar-refractivity contribution in [3.05, 3.63) is 18.5 Å². The smallest absolute Gasteiger partial charge is 0.225 e. The number of piperazine rings is 1. The molecule has 0 spiro atoms. The molecule has 1 aliphatic carbocycles. The fraction of sp³-hybridized carbons (Fsp3) is 0.727. The molecular formula is C22H33N5O2. The van der Waals surface area contributed by atoms with Gasteiger partial charge in [-0.2, -0.15) is 0 Å². The third kappa shape index (κ3) is 4.70. The monoisotopic (exact) mass is 399 g/mol. The zero-order valence-corrected chi connectivity index (χ0v) is 17.5. The molecule has 3 aliphatic rings. The van der Waals surface area contributed by atoms with Crippen LogP contribution in [0.5, 0.6) is 0 Å². The molecule has 0 radical (unpaired) electrons. The van der Waals surface area contributed by atoms with E-state index in [4.69, 9.17) is 0 Å². The summed E-state index contributed by atoms with van der Waals surface area (Å²) in [6.07, 6.45) is 9.28. The average molecular weight is 400 g/mol. The summed E-state index contributed by atoms with van der Waals surface area (Å²) in [6, 6.07) is 1.82. The summed E-state index contributed by atoms with van der Waals surface area (Å²) in [7, 11) is 0. The zero-order valence-electron chi connectivity index (χ0n) is 17.5. The van der Waals surface area contributed by atoms with Crippen LogP contribution in [-0.2, 0) is 9.59 Å². The number of hydrogen-bond donors (Lipinski definition) is 0. The molecule has 1 saturated carbocycles. The van der Waals surface area contributed by atoms with Crippen LogP contribution in [0, 0.1) is 17.8 Å². The number of rotatable bonds is 3. The highest BCUT2D eigenvalue weighted by Crippen LogP contribution is 2.32. The number of anilines is 1. The Balaban J connectivity index is 1.24. The van der Waals surface area contributed by atoms with Crippen molar-refractivity contribution in [2.24, 2.45) is 17.8 Å². The molecule has 2 saturated heterocycles. The summed E-state index contributed by atoms with van der Waals surface area (Å²) >= 11 is 0. The van der Waals surface area contributed by atoms with Crippen LogP contribution in [0.1, 0.15) is 45.4 Å². The van der Waals surface area contributed by atoms with Crippen molar-refractivity contribution < 1.29 is 9.59 Å². The molecule has 1 atom stereocenters. The van der Waals surface area contributed by atoms with Gasteiger partial charge in [0.25, 0.3) is 0 Å². The Hall–Kier alpha value is -2.18. The maximum Gasteiger partial charge on any atom is 0.225 e. The van der Waals surface area contributed by atoms with Gasteiger partial charge < -0.3 is 14.7 Å². The molecule has 2 aliphatic heterocycles. The maximum atomic E-state index is 13.0. The van der Waals surface area contributed by atoms with Crippen LogP contribution in [0.2, 0.25) is 0 Å². The lowest BCUT2D eigenvalue weighted by Crippen LogP contribution is -2.51. The van der Waals surface area contributed by atoms with Crippen molar-refractivity contribution in [2.75, 3.05) is 44.2 Å². The van der Waals surface area contributed by atoms with E-state index in [0.717, 1.165) is 77.3 Å². The minimum atomic E-state index is 0.0823. The van der Waals surface area contributed by atoms with Gasteiger partial charge in [0.2, 0.25) is 17.8 Å². The second kappa shape index (κ2) is 9.09. The average Bonchev–Trinajstić information content (AvgIpc) is 2.79. The molecule has 7 heteroatoms. The first kappa shape index (κ1) is 20.1. The van der Waals surface area contributed by atoms with Crippen LogP contribution < -0.4 is 4.90 Å². The van der Waals surface area contributed by atoms with Crippen LogP contribution >= 0.6 is 0 Å². The van der Waals surface area contributed by atoms with Gasteiger partial charge in [-0.25, -0.2) is 9.97 Å². The number of piperidine rings is 1.